The number of fused-ring (bicyclic) bond motifs is 1. The van der Waals surface area contributed by atoms with E-state index in [0.29, 0.717) is 51.8 Å². The van der Waals surface area contributed by atoms with E-state index in [4.69, 9.17) is 14.2 Å². The van der Waals surface area contributed by atoms with Crippen LogP contribution in [0.2, 0.25) is 0 Å². The summed E-state index contributed by atoms with van der Waals surface area (Å²) in [6, 6.07) is 14.7. The van der Waals surface area contributed by atoms with E-state index in [1.807, 2.05) is 13.8 Å². The van der Waals surface area contributed by atoms with E-state index in [1.54, 1.807) is 48.5 Å². The number of aliphatic hydroxyl groups excluding tert-OH is 1. The van der Waals surface area contributed by atoms with Crippen molar-refractivity contribution in [2.45, 2.75) is 19.9 Å². The summed E-state index contributed by atoms with van der Waals surface area (Å²) in [7, 11) is 0. The summed E-state index contributed by atoms with van der Waals surface area (Å²) in [5, 5.41) is 11.6. The molecule has 0 aliphatic carbocycles. The van der Waals surface area contributed by atoms with E-state index < -0.39 is 23.5 Å². The van der Waals surface area contributed by atoms with Gasteiger partial charge in [-0.2, -0.15) is 0 Å². The largest absolute Gasteiger partial charge is 0.507 e. The Morgan fingerprint density at radius 1 is 1.02 bits per heavy atom. The summed E-state index contributed by atoms with van der Waals surface area (Å²) in [5.74, 6) is -1.10. The molecule has 0 bridgehead atoms. The molecule has 1 amide bonds. The molecule has 1 unspecified atom stereocenters. The number of nitrogens with zero attached hydrogens (tertiary/aromatic N) is 2. The van der Waals surface area contributed by atoms with E-state index in [-0.39, 0.29) is 23.1 Å². The van der Waals surface area contributed by atoms with Gasteiger partial charge in [-0.1, -0.05) is 30.1 Å². The first-order chi connectivity index (χ1) is 19.9. The Morgan fingerprint density at radius 2 is 1.78 bits per heavy atom. The van der Waals surface area contributed by atoms with Crippen LogP contribution in [-0.4, -0.2) is 41.6 Å². The van der Waals surface area contributed by atoms with Crippen LogP contribution >= 0.6 is 11.3 Å². The van der Waals surface area contributed by atoms with Crippen molar-refractivity contribution in [2.75, 3.05) is 24.7 Å². The number of ketones is 1. The zero-order chi connectivity index (χ0) is 29.1. The zero-order valence-corrected chi connectivity index (χ0v) is 23.2. The Hall–Kier alpha value is -4.70. The predicted octanol–water partition coefficient (Wildman–Crippen LogP) is 6.42. The van der Waals surface area contributed by atoms with Crippen LogP contribution in [0, 0.1) is 5.82 Å². The van der Waals surface area contributed by atoms with Gasteiger partial charge in [-0.05, 0) is 74.0 Å². The molecule has 1 N–H and O–H groups in total. The average Bonchev–Trinajstić information content (AvgIpc) is 3.50. The van der Waals surface area contributed by atoms with Gasteiger partial charge in [-0.3, -0.25) is 14.5 Å². The Kier molecular flexibility index (Phi) is 8.02. The van der Waals surface area contributed by atoms with Gasteiger partial charge < -0.3 is 19.3 Å². The quantitative estimate of drug-likeness (QED) is 0.101. The topological polar surface area (TPSA) is 98.2 Å². The Bertz CT molecular complexity index is 1660. The highest BCUT2D eigenvalue weighted by atomic mass is 32.1. The van der Waals surface area contributed by atoms with Gasteiger partial charge in [-0.25, -0.2) is 9.37 Å². The normalized spacial score (nSPS) is 16.3. The number of halogens is 1. The number of aromatic nitrogens is 1. The summed E-state index contributed by atoms with van der Waals surface area (Å²) in [6.45, 7) is 8.40. The fourth-order valence-electron chi connectivity index (χ4n) is 4.60. The first-order valence-electron chi connectivity index (χ1n) is 13.0. The van der Waals surface area contributed by atoms with E-state index >= 15 is 0 Å². The monoisotopic (exact) mass is 574 g/mol. The highest BCUT2D eigenvalue weighted by Crippen LogP contribution is 2.46. The molecule has 2 heterocycles. The van der Waals surface area contributed by atoms with Crippen LogP contribution in [0.4, 0.5) is 9.52 Å². The fraction of sp³-hybridized carbons (Fsp3) is 0.194. The van der Waals surface area contributed by atoms with Gasteiger partial charge in [0, 0.05) is 5.56 Å². The van der Waals surface area contributed by atoms with Crippen LogP contribution in [0.3, 0.4) is 0 Å². The van der Waals surface area contributed by atoms with Gasteiger partial charge in [0.1, 0.15) is 23.9 Å². The summed E-state index contributed by atoms with van der Waals surface area (Å²) >= 11 is 1.07. The maximum Gasteiger partial charge on any atom is 0.301 e. The Balaban J connectivity index is 1.69. The smallest absolute Gasteiger partial charge is 0.301 e. The number of hydrogen-bond acceptors (Lipinski definition) is 8. The molecule has 1 aliphatic rings. The van der Waals surface area contributed by atoms with Gasteiger partial charge in [0.05, 0.1) is 35.0 Å². The highest BCUT2D eigenvalue weighted by Gasteiger charge is 2.48. The maximum absolute atomic E-state index is 13.9. The minimum atomic E-state index is -1.06. The molecular weight excluding hydrogens is 547 g/mol. The van der Waals surface area contributed by atoms with Gasteiger partial charge in [0.15, 0.2) is 16.6 Å². The minimum absolute atomic E-state index is 0.119. The summed E-state index contributed by atoms with van der Waals surface area (Å²) in [4.78, 5) is 32.9. The molecule has 41 heavy (non-hydrogen) atoms. The van der Waals surface area contributed by atoms with Gasteiger partial charge in [0.2, 0.25) is 0 Å². The molecular formula is C31H27FN2O6S. The molecule has 210 valence electrons. The van der Waals surface area contributed by atoms with Gasteiger partial charge in [-0.15, -0.1) is 0 Å². The first-order valence-corrected chi connectivity index (χ1v) is 13.8. The molecule has 1 aromatic heterocycles. The third-order valence-corrected chi connectivity index (χ3v) is 7.39. The number of rotatable bonds is 10. The number of carbonyl (C=O) groups is 2. The summed E-state index contributed by atoms with van der Waals surface area (Å²) < 4.78 is 31.5. The molecule has 10 heteroatoms. The van der Waals surface area contributed by atoms with Crippen LogP contribution in [-0.2, 0) is 9.59 Å². The second-order valence-corrected chi connectivity index (χ2v) is 9.98. The first kappa shape index (κ1) is 27.9. The molecule has 4 aromatic rings. The lowest BCUT2D eigenvalue weighted by Gasteiger charge is -2.24. The molecule has 5 rings (SSSR count). The van der Waals surface area contributed by atoms with Crippen LogP contribution in [0.15, 0.2) is 78.9 Å². The molecule has 1 aliphatic heterocycles. The number of Topliss-reactive ketones (excluding diaryl/α,β-unsaturated/α-hetero) is 1. The lowest BCUT2D eigenvalue weighted by Crippen LogP contribution is -2.29. The van der Waals surface area contributed by atoms with Crippen molar-refractivity contribution in [1.82, 2.24) is 4.98 Å². The van der Waals surface area contributed by atoms with Crippen molar-refractivity contribution in [1.29, 1.82) is 0 Å². The molecule has 0 spiro atoms. The van der Waals surface area contributed by atoms with Crippen LogP contribution in [0.25, 0.3) is 16.0 Å². The van der Waals surface area contributed by atoms with Crippen molar-refractivity contribution in [3.05, 3.63) is 95.8 Å². The predicted molar refractivity (Wildman–Crippen MR) is 155 cm³/mol. The lowest BCUT2D eigenvalue weighted by atomic mass is 9.95. The third-order valence-electron chi connectivity index (χ3n) is 6.37. The van der Waals surface area contributed by atoms with Gasteiger partial charge in [0.25, 0.3) is 5.78 Å². The standard InChI is InChI=1S/C31H27FN2O6S/c1-4-15-40-23-14-9-19(16-24(23)39-6-3)27-26(28(35)18-7-11-21(12-8-18)38-5-2)29(36)30(37)34(27)31-33-22-13-10-20(32)17-25(22)41-31/h4,7-14,16-17,27,35H,1,5-6,15H2,2-3H3/b28-26+. The second-order valence-electron chi connectivity index (χ2n) is 8.97. The lowest BCUT2D eigenvalue weighted by molar-refractivity contribution is -0.132. The van der Waals surface area contributed by atoms with E-state index in [9.17, 15) is 19.1 Å². The number of hydrogen-bond donors (Lipinski definition) is 1. The molecule has 0 radical (unpaired) electrons. The number of carbonyl (C=O) groups excluding carboxylic acids is 2. The highest BCUT2D eigenvalue weighted by molar-refractivity contribution is 7.22. The average molecular weight is 575 g/mol. The van der Waals surface area contributed by atoms with Crippen LogP contribution in [0.5, 0.6) is 17.2 Å². The van der Waals surface area contributed by atoms with Crippen molar-refractivity contribution in [3.63, 3.8) is 0 Å². The minimum Gasteiger partial charge on any atom is -0.507 e. The SMILES string of the molecule is C=CCOc1ccc(C2/C(=C(\O)c3ccc(OCC)cc3)C(=O)C(=O)N2c2nc3ccc(F)cc3s2)cc1OCC. The summed E-state index contributed by atoms with van der Waals surface area (Å²) in [6.07, 6.45) is 1.60. The third kappa shape index (κ3) is 5.38. The molecule has 8 nitrogen and oxygen atoms in total. The number of thiazole rings is 1. The molecule has 3 aromatic carbocycles. The number of anilines is 1. The van der Waals surface area contributed by atoms with Crippen molar-refractivity contribution < 1.29 is 33.3 Å². The Labute approximate surface area is 239 Å². The van der Waals surface area contributed by atoms with Gasteiger partial charge >= 0.3 is 5.91 Å². The van der Waals surface area contributed by atoms with E-state index in [1.165, 1.54) is 23.1 Å². The van der Waals surface area contributed by atoms with Crippen LogP contribution in [0.1, 0.15) is 31.0 Å². The van der Waals surface area contributed by atoms with E-state index in [2.05, 4.69) is 11.6 Å². The van der Waals surface area contributed by atoms with Crippen molar-refractivity contribution in [3.8, 4) is 17.2 Å². The number of aliphatic hydroxyl groups is 1. The number of amides is 1. The fourth-order valence-corrected chi connectivity index (χ4v) is 5.61. The molecule has 1 saturated heterocycles. The maximum atomic E-state index is 13.9. The molecule has 1 fully saturated rings. The Morgan fingerprint density at radius 3 is 2.49 bits per heavy atom. The number of ether oxygens (including phenoxy) is 3. The van der Waals surface area contributed by atoms with Crippen molar-refractivity contribution >= 4 is 44.1 Å². The zero-order valence-electron chi connectivity index (χ0n) is 22.4. The molecule has 1 atom stereocenters. The van der Waals surface area contributed by atoms with Crippen LogP contribution < -0.4 is 19.1 Å². The number of benzene rings is 3. The molecule has 0 saturated carbocycles. The van der Waals surface area contributed by atoms with E-state index in [0.717, 1.165) is 11.3 Å². The van der Waals surface area contributed by atoms with Crippen molar-refractivity contribution in [2.24, 2.45) is 0 Å². The second kappa shape index (κ2) is 11.8. The summed E-state index contributed by atoms with van der Waals surface area (Å²) in [5.41, 5.74) is 1.17.